The summed E-state index contributed by atoms with van der Waals surface area (Å²) in [5.74, 6) is 1.13. The van der Waals surface area contributed by atoms with E-state index < -0.39 is 0 Å². The molecule has 0 N–H and O–H groups in total. The molecule has 3 aliphatic carbocycles. The summed E-state index contributed by atoms with van der Waals surface area (Å²) in [6.45, 7) is 18.9. The van der Waals surface area contributed by atoms with Gasteiger partial charge in [0, 0.05) is 16.7 Å². The maximum atomic E-state index is 2.45. The van der Waals surface area contributed by atoms with Gasteiger partial charge in [-0.15, -0.1) is 0 Å². The van der Waals surface area contributed by atoms with E-state index in [1.807, 2.05) is 0 Å². The molecule has 0 spiro atoms. The van der Waals surface area contributed by atoms with Gasteiger partial charge >= 0.3 is 0 Å². The zero-order valence-electron chi connectivity index (χ0n) is 23.5. The lowest BCUT2D eigenvalue weighted by Gasteiger charge is -2.26. The van der Waals surface area contributed by atoms with Crippen molar-refractivity contribution in [1.82, 2.24) is 0 Å². The van der Waals surface area contributed by atoms with Crippen molar-refractivity contribution in [3.05, 3.63) is 123 Å². The van der Waals surface area contributed by atoms with Gasteiger partial charge < -0.3 is 0 Å². The van der Waals surface area contributed by atoms with Crippen molar-refractivity contribution in [2.24, 2.45) is 5.92 Å². The maximum Gasteiger partial charge on any atom is 0.0155 e. The van der Waals surface area contributed by atoms with Crippen molar-refractivity contribution < 1.29 is 0 Å². The van der Waals surface area contributed by atoms with Crippen LogP contribution >= 0.6 is 0 Å². The summed E-state index contributed by atoms with van der Waals surface area (Å²) in [4.78, 5) is 0. The van der Waals surface area contributed by atoms with Gasteiger partial charge in [0.05, 0.1) is 0 Å². The Morgan fingerprint density at radius 2 is 1.39 bits per heavy atom. The van der Waals surface area contributed by atoms with Crippen LogP contribution in [-0.2, 0) is 10.8 Å². The van der Waals surface area contributed by atoms with Crippen molar-refractivity contribution in [3.8, 4) is 0 Å². The Hall–Kier alpha value is -2.86. The Morgan fingerprint density at radius 1 is 0.722 bits per heavy atom. The lowest BCUT2D eigenvalue weighted by Crippen LogP contribution is -2.16. The van der Waals surface area contributed by atoms with Crippen LogP contribution in [0, 0.1) is 5.92 Å². The number of fused-ring (bicyclic) bond motifs is 2. The Balaban J connectivity index is 1.48. The molecule has 0 radical (unpaired) electrons. The number of allylic oxidation sites excluding steroid dienone is 10. The van der Waals surface area contributed by atoms with Crippen molar-refractivity contribution in [3.63, 3.8) is 0 Å². The summed E-state index contributed by atoms with van der Waals surface area (Å²) < 4.78 is 0. The second kappa shape index (κ2) is 8.91. The van der Waals surface area contributed by atoms with E-state index >= 15 is 0 Å². The summed E-state index contributed by atoms with van der Waals surface area (Å²) in [5, 5.41) is 0. The summed E-state index contributed by atoms with van der Waals surface area (Å²) >= 11 is 0. The number of benzene rings is 2. The van der Waals surface area contributed by atoms with Crippen LogP contribution in [0.1, 0.15) is 96.4 Å². The minimum atomic E-state index is 0.0498. The van der Waals surface area contributed by atoms with Crippen LogP contribution in [-0.4, -0.2) is 0 Å². The highest BCUT2D eigenvalue weighted by Crippen LogP contribution is 2.50. The first-order valence-electron chi connectivity index (χ1n) is 13.7. The average Bonchev–Trinajstić information content (AvgIpc) is 3.16. The molecular formula is C36H42. The summed E-state index contributed by atoms with van der Waals surface area (Å²) in [5.41, 5.74) is 14.8. The van der Waals surface area contributed by atoms with Crippen LogP contribution in [0.5, 0.6) is 0 Å². The zero-order chi connectivity index (χ0) is 25.8. The molecule has 5 rings (SSSR count). The number of hydrogen-bond donors (Lipinski definition) is 0. The van der Waals surface area contributed by atoms with E-state index in [2.05, 4.69) is 128 Å². The Labute approximate surface area is 219 Å². The minimum Gasteiger partial charge on any atom is -0.0620 e. The molecule has 2 aromatic rings. The average molecular weight is 475 g/mol. The van der Waals surface area contributed by atoms with Crippen molar-refractivity contribution in [1.29, 1.82) is 0 Å². The van der Waals surface area contributed by atoms with Crippen molar-refractivity contribution in [2.45, 2.75) is 85.0 Å². The molecule has 0 nitrogen and oxygen atoms in total. The predicted molar refractivity (Wildman–Crippen MR) is 156 cm³/mol. The van der Waals surface area contributed by atoms with Gasteiger partial charge in [0.1, 0.15) is 0 Å². The van der Waals surface area contributed by atoms with Crippen LogP contribution in [0.4, 0.5) is 0 Å². The van der Waals surface area contributed by atoms with Crippen LogP contribution < -0.4 is 0 Å². The summed E-state index contributed by atoms with van der Waals surface area (Å²) in [6, 6.07) is 17.9. The molecule has 0 aromatic heterocycles. The molecule has 0 aliphatic heterocycles. The molecule has 0 saturated carbocycles. The monoisotopic (exact) mass is 474 g/mol. The van der Waals surface area contributed by atoms with Crippen LogP contribution in [0.3, 0.4) is 0 Å². The van der Waals surface area contributed by atoms with Crippen molar-refractivity contribution >= 4 is 5.57 Å². The molecule has 0 saturated heterocycles. The van der Waals surface area contributed by atoms with Gasteiger partial charge in [-0.25, -0.2) is 0 Å². The fourth-order valence-corrected chi connectivity index (χ4v) is 7.20. The normalized spacial score (nSPS) is 26.9. The molecule has 0 amide bonds. The van der Waals surface area contributed by atoms with E-state index in [1.165, 1.54) is 55.7 Å². The number of rotatable bonds is 3. The quantitative estimate of drug-likeness (QED) is 0.415. The van der Waals surface area contributed by atoms with E-state index in [-0.39, 0.29) is 10.8 Å². The second-order valence-corrected chi connectivity index (χ2v) is 12.5. The highest BCUT2D eigenvalue weighted by molar-refractivity contribution is 5.81. The topological polar surface area (TPSA) is 0 Å². The van der Waals surface area contributed by atoms with Gasteiger partial charge in [-0.2, -0.15) is 0 Å². The Kier molecular flexibility index (Phi) is 6.14. The maximum absolute atomic E-state index is 2.45. The molecule has 0 heterocycles. The number of hydrogen-bond acceptors (Lipinski definition) is 0. The highest BCUT2D eigenvalue weighted by atomic mass is 14.4. The van der Waals surface area contributed by atoms with E-state index in [4.69, 9.17) is 0 Å². The van der Waals surface area contributed by atoms with Crippen LogP contribution in [0.15, 0.2) is 101 Å². The standard InChI is InChI=1S/C36H42/c1-23-21-27(17-19-31-25(3)29-13-9-11-15-33(29)35(31,5)6)24(2)28(22-23)18-20-32-26(4)30-14-10-12-16-34(30)36(32,7)8/h9-20,23,25H,21-22H2,1-8H3/b20-18+,27-17+,31-19-. The van der Waals surface area contributed by atoms with Gasteiger partial charge in [0.15, 0.2) is 0 Å². The van der Waals surface area contributed by atoms with Gasteiger partial charge in [-0.05, 0) is 82.7 Å². The van der Waals surface area contributed by atoms with Gasteiger partial charge in [0.2, 0.25) is 0 Å². The highest BCUT2D eigenvalue weighted by Gasteiger charge is 2.39. The van der Waals surface area contributed by atoms with Crippen LogP contribution in [0.2, 0.25) is 0 Å². The zero-order valence-corrected chi connectivity index (χ0v) is 23.5. The molecule has 2 aromatic carbocycles. The fraction of sp³-hybridized carbons (Fsp3) is 0.389. The third-order valence-electron chi connectivity index (χ3n) is 9.39. The molecule has 186 valence electrons. The molecule has 36 heavy (non-hydrogen) atoms. The molecular weight excluding hydrogens is 432 g/mol. The van der Waals surface area contributed by atoms with Crippen LogP contribution in [0.25, 0.3) is 5.57 Å². The minimum absolute atomic E-state index is 0.0498. The van der Waals surface area contributed by atoms with Crippen molar-refractivity contribution in [2.75, 3.05) is 0 Å². The van der Waals surface area contributed by atoms with Gasteiger partial charge in [-0.1, -0.05) is 120 Å². The largest absolute Gasteiger partial charge is 0.0620 e. The summed E-state index contributed by atoms with van der Waals surface area (Å²) in [7, 11) is 0. The molecule has 0 fully saturated rings. The van der Waals surface area contributed by atoms with Gasteiger partial charge in [0.25, 0.3) is 0 Å². The second-order valence-electron chi connectivity index (χ2n) is 12.5. The van der Waals surface area contributed by atoms with E-state index in [1.54, 1.807) is 0 Å². The molecule has 0 heteroatoms. The lowest BCUT2D eigenvalue weighted by molar-refractivity contribution is 0.557. The van der Waals surface area contributed by atoms with Gasteiger partial charge in [-0.3, -0.25) is 0 Å². The first kappa shape index (κ1) is 24.8. The molecule has 0 bridgehead atoms. The fourth-order valence-electron chi connectivity index (χ4n) is 7.20. The van der Waals surface area contributed by atoms with E-state index in [0.717, 1.165) is 12.8 Å². The lowest BCUT2D eigenvalue weighted by atomic mass is 9.78. The molecule has 2 unspecified atom stereocenters. The van der Waals surface area contributed by atoms with E-state index in [0.29, 0.717) is 11.8 Å². The predicted octanol–water partition coefficient (Wildman–Crippen LogP) is 10.0. The Bertz CT molecular complexity index is 1360. The SMILES string of the molecule is CC1=C(/C=C/C2=C(C)c3ccccc3C2(C)C)CC(C)C/C1=C\C=C1\C(C)c2ccccc2C1(C)C. The molecule has 3 aliphatic rings. The first-order valence-corrected chi connectivity index (χ1v) is 13.7. The molecule has 2 atom stereocenters. The first-order chi connectivity index (χ1) is 17.0. The van der Waals surface area contributed by atoms with E-state index in [9.17, 15) is 0 Å². The Morgan fingerprint density at radius 3 is 2.08 bits per heavy atom. The smallest absolute Gasteiger partial charge is 0.0155 e. The third kappa shape index (κ3) is 3.90. The third-order valence-corrected chi connectivity index (χ3v) is 9.39. The summed E-state index contributed by atoms with van der Waals surface area (Å²) in [6.07, 6.45) is 12.1.